The predicted molar refractivity (Wildman–Crippen MR) is 58.5 cm³/mol. The van der Waals surface area contributed by atoms with E-state index in [1.807, 2.05) is 0 Å². The molecule has 2 unspecified atom stereocenters. The third-order valence-electron chi connectivity index (χ3n) is 3.25. The summed E-state index contributed by atoms with van der Waals surface area (Å²) in [5.41, 5.74) is 0. The van der Waals surface area contributed by atoms with Gasteiger partial charge in [0.15, 0.2) is 0 Å². The molecule has 0 aromatic rings. The van der Waals surface area contributed by atoms with Crippen LogP contribution in [0.3, 0.4) is 0 Å². The maximum atomic E-state index is 12.8. The molecule has 3 nitrogen and oxygen atoms in total. The SMILES string of the molecule is CC(C)C(=O)N1CC(C)N(C)C(C(F)(F)F)C1. The standard InChI is InChI=1S/C11H19F3N2O/c1-7(2)10(17)16-5-8(3)15(4)9(6-16)11(12,13)14/h7-9H,5-6H2,1-4H3. The average molecular weight is 252 g/mol. The Labute approximate surface area is 99.6 Å². The Hall–Kier alpha value is -0.780. The van der Waals surface area contributed by atoms with Crippen LogP contribution in [0.25, 0.3) is 0 Å². The van der Waals surface area contributed by atoms with E-state index in [1.54, 1.807) is 20.8 Å². The van der Waals surface area contributed by atoms with E-state index in [0.717, 1.165) is 0 Å². The molecule has 0 aliphatic carbocycles. The first kappa shape index (κ1) is 14.3. The molecular formula is C11H19F3N2O. The summed E-state index contributed by atoms with van der Waals surface area (Å²) >= 11 is 0. The van der Waals surface area contributed by atoms with Crippen LogP contribution >= 0.6 is 0 Å². The second kappa shape index (κ2) is 4.84. The van der Waals surface area contributed by atoms with Crippen LogP contribution in [-0.2, 0) is 4.79 Å². The zero-order chi connectivity index (χ0) is 13.4. The van der Waals surface area contributed by atoms with Gasteiger partial charge in [-0.05, 0) is 14.0 Å². The first-order chi connectivity index (χ1) is 7.64. The number of piperazine rings is 1. The largest absolute Gasteiger partial charge is 0.405 e. The van der Waals surface area contributed by atoms with E-state index < -0.39 is 12.2 Å². The summed E-state index contributed by atoms with van der Waals surface area (Å²) in [5.74, 6) is -0.473. The van der Waals surface area contributed by atoms with Crippen LogP contribution in [-0.4, -0.2) is 54.1 Å². The van der Waals surface area contributed by atoms with Crippen molar-refractivity contribution in [3.63, 3.8) is 0 Å². The second-order valence-corrected chi connectivity index (χ2v) is 4.97. The van der Waals surface area contributed by atoms with Crippen LogP contribution in [0.4, 0.5) is 13.2 Å². The Morgan fingerprint density at radius 1 is 1.29 bits per heavy atom. The first-order valence-corrected chi connectivity index (χ1v) is 5.72. The van der Waals surface area contributed by atoms with E-state index in [1.165, 1.54) is 16.8 Å². The van der Waals surface area contributed by atoms with Crippen LogP contribution < -0.4 is 0 Å². The topological polar surface area (TPSA) is 23.6 Å². The predicted octanol–water partition coefficient (Wildman–Crippen LogP) is 1.74. The minimum atomic E-state index is -4.29. The Kier molecular flexibility index (Phi) is 4.06. The van der Waals surface area contributed by atoms with Gasteiger partial charge in [0, 0.05) is 25.0 Å². The van der Waals surface area contributed by atoms with Gasteiger partial charge in [-0.3, -0.25) is 9.69 Å². The fraction of sp³-hybridized carbons (Fsp3) is 0.909. The van der Waals surface area contributed by atoms with E-state index >= 15 is 0 Å². The molecule has 0 N–H and O–H groups in total. The van der Waals surface area contributed by atoms with E-state index in [0.29, 0.717) is 6.54 Å². The number of carbonyl (C=O) groups is 1. The van der Waals surface area contributed by atoms with E-state index in [9.17, 15) is 18.0 Å². The molecule has 1 aliphatic heterocycles. The smallest absolute Gasteiger partial charge is 0.339 e. The van der Waals surface area contributed by atoms with Crippen molar-refractivity contribution < 1.29 is 18.0 Å². The molecule has 0 radical (unpaired) electrons. The fourth-order valence-electron chi connectivity index (χ4n) is 2.05. The van der Waals surface area contributed by atoms with Gasteiger partial charge in [0.05, 0.1) is 0 Å². The lowest BCUT2D eigenvalue weighted by molar-refractivity contribution is -0.201. The Morgan fingerprint density at radius 2 is 1.82 bits per heavy atom. The van der Waals surface area contributed by atoms with Gasteiger partial charge in [-0.1, -0.05) is 13.8 Å². The van der Waals surface area contributed by atoms with Crippen molar-refractivity contribution in [2.45, 2.75) is 39.0 Å². The molecule has 1 saturated heterocycles. The van der Waals surface area contributed by atoms with Gasteiger partial charge in [0.2, 0.25) is 5.91 Å². The average Bonchev–Trinajstić information content (AvgIpc) is 2.18. The first-order valence-electron chi connectivity index (χ1n) is 5.72. The lowest BCUT2D eigenvalue weighted by atomic mass is 10.1. The third kappa shape index (κ3) is 3.12. The van der Waals surface area contributed by atoms with E-state index in [-0.39, 0.29) is 24.4 Å². The summed E-state index contributed by atoms with van der Waals surface area (Å²) in [6, 6.07) is -1.84. The van der Waals surface area contributed by atoms with Gasteiger partial charge in [0.25, 0.3) is 0 Å². The second-order valence-electron chi connectivity index (χ2n) is 4.97. The van der Waals surface area contributed by atoms with Crippen molar-refractivity contribution in [3.8, 4) is 0 Å². The summed E-state index contributed by atoms with van der Waals surface area (Å²) < 4.78 is 38.5. The van der Waals surface area contributed by atoms with Gasteiger partial charge in [-0.15, -0.1) is 0 Å². The number of carbonyl (C=O) groups excluding carboxylic acids is 1. The van der Waals surface area contributed by atoms with E-state index in [2.05, 4.69) is 0 Å². The summed E-state index contributed by atoms with van der Waals surface area (Å²) in [6.45, 7) is 5.21. The third-order valence-corrected chi connectivity index (χ3v) is 3.25. The molecule has 0 saturated carbocycles. The zero-order valence-electron chi connectivity index (χ0n) is 10.6. The molecule has 1 aliphatic rings. The quantitative estimate of drug-likeness (QED) is 0.709. The molecule has 1 heterocycles. The molecule has 1 amide bonds. The monoisotopic (exact) mass is 252 g/mol. The van der Waals surface area contributed by atoms with Crippen molar-refractivity contribution in [2.24, 2.45) is 5.92 Å². The Balaban J connectivity index is 2.84. The summed E-state index contributed by atoms with van der Waals surface area (Å²) in [5, 5.41) is 0. The highest BCUT2D eigenvalue weighted by Gasteiger charge is 2.47. The highest BCUT2D eigenvalue weighted by molar-refractivity contribution is 5.78. The summed E-state index contributed by atoms with van der Waals surface area (Å²) in [4.78, 5) is 14.4. The normalized spacial score (nSPS) is 27.6. The molecule has 100 valence electrons. The van der Waals surface area contributed by atoms with Gasteiger partial charge < -0.3 is 4.90 Å². The number of hydrogen-bond donors (Lipinski definition) is 0. The van der Waals surface area contributed by atoms with Crippen LogP contribution in [0.15, 0.2) is 0 Å². The highest BCUT2D eigenvalue weighted by Crippen LogP contribution is 2.29. The van der Waals surface area contributed by atoms with Crippen LogP contribution in [0, 0.1) is 5.92 Å². The van der Waals surface area contributed by atoms with Crippen molar-refractivity contribution >= 4 is 5.91 Å². The van der Waals surface area contributed by atoms with Crippen LogP contribution in [0.2, 0.25) is 0 Å². The van der Waals surface area contributed by atoms with Gasteiger partial charge in [-0.25, -0.2) is 0 Å². The molecule has 1 fully saturated rings. The Bertz CT molecular complexity index is 291. The molecule has 0 spiro atoms. The van der Waals surface area contributed by atoms with E-state index in [4.69, 9.17) is 0 Å². The lowest BCUT2D eigenvalue weighted by Crippen LogP contribution is -2.62. The maximum Gasteiger partial charge on any atom is 0.405 e. The molecule has 17 heavy (non-hydrogen) atoms. The van der Waals surface area contributed by atoms with Gasteiger partial charge in [-0.2, -0.15) is 13.2 Å². The van der Waals surface area contributed by atoms with Crippen molar-refractivity contribution in [1.82, 2.24) is 9.80 Å². The Morgan fingerprint density at radius 3 is 2.24 bits per heavy atom. The minimum absolute atomic E-state index is 0.209. The zero-order valence-corrected chi connectivity index (χ0v) is 10.6. The molecule has 0 bridgehead atoms. The van der Waals surface area contributed by atoms with Crippen molar-refractivity contribution in [3.05, 3.63) is 0 Å². The highest BCUT2D eigenvalue weighted by atomic mass is 19.4. The summed E-state index contributed by atoms with van der Waals surface area (Å²) in [7, 11) is 1.46. The van der Waals surface area contributed by atoms with Gasteiger partial charge >= 0.3 is 6.18 Å². The maximum absolute atomic E-state index is 12.8. The number of likely N-dealkylation sites (N-methyl/N-ethyl adjacent to an activating group) is 1. The molecule has 0 aromatic carbocycles. The van der Waals surface area contributed by atoms with Crippen LogP contribution in [0.1, 0.15) is 20.8 Å². The van der Waals surface area contributed by atoms with Crippen molar-refractivity contribution in [1.29, 1.82) is 0 Å². The number of amides is 1. The number of hydrogen-bond acceptors (Lipinski definition) is 2. The van der Waals surface area contributed by atoms with Crippen LogP contribution in [0.5, 0.6) is 0 Å². The number of halogens is 3. The molecular weight excluding hydrogens is 233 g/mol. The minimum Gasteiger partial charge on any atom is -0.339 e. The molecule has 2 atom stereocenters. The number of rotatable bonds is 1. The number of alkyl halides is 3. The lowest BCUT2D eigenvalue weighted by Gasteiger charge is -2.44. The molecule has 1 rings (SSSR count). The molecule has 6 heteroatoms. The van der Waals surface area contributed by atoms with Gasteiger partial charge in [0.1, 0.15) is 6.04 Å². The summed E-state index contributed by atoms with van der Waals surface area (Å²) in [6.07, 6.45) is -4.29. The molecule has 0 aromatic heterocycles. The number of nitrogens with zero attached hydrogens (tertiary/aromatic N) is 2. The fourth-order valence-corrected chi connectivity index (χ4v) is 2.05. The van der Waals surface area contributed by atoms with Crippen molar-refractivity contribution in [2.75, 3.05) is 20.1 Å².